The third kappa shape index (κ3) is 2.93. The number of rotatable bonds is 3. The Morgan fingerprint density at radius 3 is 2.22 bits per heavy atom. The van der Waals surface area contributed by atoms with Gasteiger partial charge in [0, 0.05) is 5.56 Å². The Kier molecular flexibility index (Phi) is 3.96. The second kappa shape index (κ2) is 5.85. The van der Waals surface area contributed by atoms with Crippen molar-refractivity contribution >= 4 is 0 Å². The Morgan fingerprint density at radius 1 is 0.889 bits per heavy atom. The zero-order valence-corrected chi connectivity index (χ0v) is 11.3. The smallest absolute Gasteiger partial charge is 0.127 e. The van der Waals surface area contributed by atoms with Gasteiger partial charge in [0.15, 0.2) is 0 Å². The molecule has 2 aliphatic rings. The van der Waals surface area contributed by atoms with Gasteiger partial charge in [-0.15, -0.1) is 0 Å². The maximum absolute atomic E-state index is 2.27. The first kappa shape index (κ1) is 12.2. The minimum atomic E-state index is 1.00. The van der Waals surface area contributed by atoms with E-state index in [1.807, 2.05) is 4.90 Å². The molecule has 2 heteroatoms. The molecule has 0 atom stereocenters. The summed E-state index contributed by atoms with van der Waals surface area (Å²) >= 11 is 0. The Bertz CT molecular complexity index is 349. The summed E-state index contributed by atoms with van der Waals surface area (Å²) in [5, 5.41) is 0. The summed E-state index contributed by atoms with van der Waals surface area (Å²) in [6, 6.07) is 12.0. The van der Waals surface area contributed by atoms with Crippen LogP contribution in [-0.4, -0.2) is 32.2 Å². The van der Waals surface area contributed by atoms with Crippen LogP contribution in [0.25, 0.3) is 0 Å². The predicted octanol–water partition coefficient (Wildman–Crippen LogP) is -0.0874. The summed E-state index contributed by atoms with van der Waals surface area (Å²) < 4.78 is 0. The molecule has 1 heterocycles. The Morgan fingerprint density at radius 2 is 1.56 bits per heavy atom. The molecule has 1 aliphatic heterocycles. The third-order valence-electron chi connectivity index (χ3n) is 4.83. The molecule has 2 N–H and O–H groups in total. The van der Waals surface area contributed by atoms with Crippen LogP contribution in [0, 0.1) is 0 Å². The summed E-state index contributed by atoms with van der Waals surface area (Å²) in [7, 11) is 0. The molecular formula is C16H26N2+2. The highest BCUT2D eigenvalue weighted by molar-refractivity contribution is 5.13. The van der Waals surface area contributed by atoms with Crippen LogP contribution in [0.15, 0.2) is 30.3 Å². The summed E-state index contributed by atoms with van der Waals surface area (Å²) in [4.78, 5) is 3.69. The van der Waals surface area contributed by atoms with Gasteiger partial charge in [-0.2, -0.15) is 0 Å². The monoisotopic (exact) mass is 246 g/mol. The van der Waals surface area contributed by atoms with E-state index in [1.54, 1.807) is 4.90 Å². The Labute approximate surface area is 111 Å². The normalized spacial score (nSPS) is 29.6. The van der Waals surface area contributed by atoms with Crippen molar-refractivity contribution in [3.05, 3.63) is 35.9 Å². The Hall–Kier alpha value is -0.860. The molecular weight excluding hydrogens is 220 g/mol. The SMILES string of the molecule is c1ccc(C[NH+]2CC[NH+](C3CCCC3)CC2)cc1. The van der Waals surface area contributed by atoms with E-state index in [0.29, 0.717) is 0 Å². The number of quaternary nitrogens is 2. The standard InChI is InChI=1S/C16H24N2/c1-2-6-15(7-3-1)14-17-10-12-18(13-11-17)16-8-4-5-9-16/h1-3,6-7,16H,4-5,8-14H2/p+2. The lowest BCUT2D eigenvalue weighted by atomic mass is 10.1. The molecule has 0 unspecified atom stereocenters. The van der Waals surface area contributed by atoms with Gasteiger partial charge in [-0.1, -0.05) is 30.3 Å². The van der Waals surface area contributed by atoms with Gasteiger partial charge in [-0.05, 0) is 25.7 Å². The summed E-state index contributed by atoms with van der Waals surface area (Å²) in [5.41, 5.74) is 1.50. The van der Waals surface area contributed by atoms with Crippen LogP contribution in [0.4, 0.5) is 0 Å². The fourth-order valence-corrected chi connectivity index (χ4v) is 3.73. The number of hydrogen-bond acceptors (Lipinski definition) is 0. The molecule has 0 amide bonds. The topological polar surface area (TPSA) is 8.88 Å². The van der Waals surface area contributed by atoms with Crippen molar-refractivity contribution in [2.24, 2.45) is 0 Å². The van der Waals surface area contributed by atoms with Crippen LogP contribution >= 0.6 is 0 Å². The summed E-state index contributed by atoms with van der Waals surface area (Å²) in [6.07, 6.45) is 5.94. The second-order valence-corrected chi connectivity index (χ2v) is 6.05. The van der Waals surface area contributed by atoms with Crippen LogP contribution in [0.3, 0.4) is 0 Å². The minimum absolute atomic E-state index is 1.00. The molecule has 1 aromatic carbocycles. The van der Waals surface area contributed by atoms with Gasteiger partial charge in [0.05, 0.1) is 6.04 Å². The van der Waals surface area contributed by atoms with Gasteiger partial charge in [-0.25, -0.2) is 0 Å². The third-order valence-corrected chi connectivity index (χ3v) is 4.83. The molecule has 0 radical (unpaired) electrons. The molecule has 0 spiro atoms. The number of nitrogens with one attached hydrogen (secondary N) is 2. The lowest BCUT2D eigenvalue weighted by Gasteiger charge is -2.33. The zero-order valence-electron chi connectivity index (χ0n) is 11.3. The first-order valence-electron chi connectivity index (χ1n) is 7.64. The number of piperazine rings is 1. The highest BCUT2D eigenvalue weighted by Crippen LogP contribution is 2.15. The van der Waals surface area contributed by atoms with Crippen molar-refractivity contribution in [1.82, 2.24) is 0 Å². The molecule has 3 rings (SSSR count). The van der Waals surface area contributed by atoms with Crippen LogP contribution in [0.1, 0.15) is 31.2 Å². The molecule has 2 fully saturated rings. The quantitative estimate of drug-likeness (QED) is 0.738. The second-order valence-electron chi connectivity index (χ2n) is 6.05. The van der Waals surface area contributed by atoms with Crippen molar-refractivity contribution in [3.63, 3.8) is 0 Å². The molecule has 1 aliphatic carbocycles. The molecule has 2 nitrogen and oxygen atoms in total. The first-order valence-corrected chi connectivity index (χ1v) is 7.64. The maximum atomic E-state index is 2.27. The van der Waals surface area contributed by atoms with Gasteiger partial charge in [0.25, 0.3) is 0 Å². The average molecular weight is 246 g/mol. The first-order chi connectivity index (χ1) is 8.92. The van der Waals surface area contributed by atoms with Gasteiger partial charge < -0.3 is 9.80 Å². The van der Waals surface area contributed by atoms with E-state index in [-0.39, 0.29) is 0 Å². The van der Waals surface area contributed by atoms with Gasteiger partial charge in [0.2, 0.25) is 0 Å². The van der Waals surface area contributed by atoms with E-state index in [4.69, 9.17) is 0 Å². The van der Waals surface area contributed by atoms with Crippen molar-refractivity contribution < 1.29 is 9.80 Å². The lowest BCUT2D eigenvalue weighted by molar-refractivity contribution is -1.03. The van der Waals surface area contributed by atoms with E-state index in [2.05, 4.69) is 30.3 Å². The predicted molar refractivity (Wildman–Crippen MR) is 73.8 cm³/mol. The van der Waals surface area contributed by atoms with Gasteiger partial charge in [-0.3, -0.25) is 0 Å². The van der Waals surface area contributed by atoms with Crippen LogP contribution in [0.5, 0.6) is 0 Å². The van der Waals surface area contributed by atoms with Crippen LogP contribution < -0.4 is 9.80 Å². The maximum Gasteiger partial charge on any atom is 0.127 e. The van der Waals surface area contributed by atoms with Crippen LogP contribution in [0.2, 0.25) is 0 Å². The summed E-state index contributed by atoms with van der Waals surface area (Å²) in [6.45, 7) is 6.74. The average Bonchev–Trinajstić information content (AvgIpc) is 2.95. The van der Waals surface area contributed by atoms with Crippen molar-refractivity contribution in [2.75, 3.05) is 26.2 Å². The van der Waals surface area contributed by atoms with Crippen molar-refractivity contribution in [3.8, 4) is 0 Å². The van der Waals surface area contributed by atoms with E-state index in [0.717, 1.165) is 6.04 Å². The molecule has 1 aromatic rings. The fraction of sp³-hybridized carbons (Fsp3) is 0.625. The fourth-order valence-electron chi connectivity index (χ4n) is 3.73. The van der Waals surface area contributed by atoms with Gasteiger partial charge >= 0.3 is 0 Å². The molecule has 18 heavy (non-hydrogen) atoms. The number of hydrogen-bond donors (Lipinski definition) is 2. The molecule has 98 valence electrons. The Balaban J connectivity index is 1.48. The highest BCUT2D eigenvalue weighted by atomic mass is 15.3. The molecule has 0 bridgehead atoms. The summed E-state index contributed by atoms with van der Waals surface area (Å²) in [5.74, 6) is 0. The van der Waals surface area contributed by atoms with Crippen molar-refractivity contribution in [1.29, 1.82) is 0 Å². The lowest BCUT2D eigenvalue weighted by Crippen LogP contribution is -3.29. The van der Waals surface area contributed by atoms with E-state index < -0.39 is 0 Å². The zero-order chi connectivity index (χ0) is 12.2. The largest absolute Gasteiger partial charge is 0.323 e. The van der Waals surface area contributed by atoms with Crippen molar-refractivity contribution in [2.45, 2.75) is 38.3 Å². The molecule has 0 aromatic heterocycles. The molecule has 1 saturated carbocycles. The van der Waals surface area contributed by atoms with Gasteiger partial charge in [0.1, 0.15) is 32.7 Å². The minimum Gasteiger partial charge on any atom is -0.323 e. The van der Waals surface area contributed by atoms with Crippen LogP contribution in [-0.2, 0) is 6.54 Å². The highest BCUT2D eigenvalue weighted by Gasteiger charge is 2.31. The van der Waals surface area contributed by atoms with E-state index in [9.17, 15) is 0 Å². The van der Waals surface area contributed by atoms with E-state index >= 15 is 0 Å². The number of benzene rings is 1. The molecule has 1 saturated heterocycles. The van der Waals surface area contributed by atoms with E-state index in [1.165, 1.54) is 64.0 Å².